The van der Waals surface area contributed by atoms with Gasteiger partial charge in [0.2, 0.25) is 5.91 Å². The standard InChI is InChI=1S/C31H30F3N5O3S/c1-18-15-21(19(2)38(18)25-11-6-5-9-22(25)31(32,33)34)29-28(23-10-7-8-14-35-23)37-30(43)39(29)20-12-13-26(42-4)24(16-20)36-27(40)17-41-3/h5-16,28-29H,17H2,1-4H3,(H,36,40)(H,37,43). The van der Waals surface area contributed by atoms with E-state index in [1.165, 1.54) is 26.4 Å². The maximum Gasteiger partial charge on any atom is 0.418 e. The summed E-state index contributed by atoms with van der Waals surface area (Å²) < 4.78 is 54.2. The summed E-state index contributed by atoms with van der Waals surface area (Å²) in [5, 5.41) is 6.57. The van der Waals surface area contributed by atoms with Gasteiger partial charge in [0.05, 0.1) is 41.8 Å². The van der Waals surface area contributed by atoms with Crippen LogP contribution < -0.4 is 20.3 Å². The van der Waals surface area contributed by atoms with Crippen molar-refractivity contribution in [3.05, 3.63) is 101 Å². The first-order valence-electron chi connectivity index (χ1n) is 13.4. The smallest absolute Gasteiger partial charge is 0.418 e. The van der Waals surface area contributed by atoms with Crippen LogP contribution in [-0.4, -0.2) is 41.4 Å². The summed E-state index contributed by atoms with van der Waals surface area (Å²) in [7, 11) is 2.92. The first-order chi connectivity index (χ1) is 20.5. The van der Waals surface area contributed by atoms with Crippen LogP contribution >= 0.6 is 12.2 Å². The van der Waals surface area contributed by atoms with E-state index in [4.69, 9.17) is 21.7 Å². The van der Waals surface area contributed by atoms with Gasteiger partial charge in [0, 0.05) is 30.4 Å². The van der Waals surface area contributed by atoms with Gasteiger partial charge in [-0.2, -0.15) is 13.2 Å². The molecular formula is C31H30F3N5O3S. The van der Waals surface area contributed by atoms with Gasteiger partial charge in [0.1, 0.15) is 12.4 Å². The highest BCUT2D eigenvalue weighted by Crippen LogP contribution is 2.45. The fourth-order valence-electron chi connectivity index (χ4n) is 5.58. The molecule has 1 amide bonds. The van der Waals surface area contributed by atoms with Crippen molar-refractivity contribution in [2.45, 2.75) is 32.1 Å². The number of aromatic nitrogens is 2. The first kappa shape index (κ1) is 30.1. The van der Waals surface area contributed by atoms with Gasteiger partial charge in [0.15, 0.2) is 5.11 Å². The number of rotatable bonds is 8. The minimum atomic E-state index is -4.54. The predicted molar refractivity (Wildman–Crippen MR) is 162 cm³/mol. The molecule has 1 saturated heterocycles. The van der Waals surface area contributed by atoms with Crippen LogP contribution in [0.2, 0.25) is 0 Å². The molecule has 2 unspecified atom stereocenters. The molecule has 0 bridgehead atoms. The van der Waals surface area contributed by atoms with Crippen LogP contribution in [0.3, 0.4) is 0 Å². The molecule has 2 aromatic carbocycles. The van der Waals surface area contributed by atoms with Gasteiger partial charge in [-0.15, -0.1) is 0 Å². The summed E-state index contributed by atoms with van der Waals surface area (Å²) in [5.41, 5.74) is 3.08. The number of methoxy groups -OCH3 is 2. The Kier molecular flexibility index (Phi) is 8.43. The molecule has 2 atom stereocenters. The number of nitrogens with one attached hydrogen (secondary N) is 2. The molecule has 12 heteroatoms. The number of amides is 1. The third-order valence-corrected chi connectivity index (χ3v) is 7.66. The van der Waals surface area contributed by atoms with Gasteiger partial charge < -0.3 is 29.6 Å². The average molecular weight is 610 g/mol. The molecular weight excluding hydrogens is 579 g/mol. The molecule has 0 aliphatic carbocycles. The van der Waals surface area contributed by atoms with Crippen molar-refractivity contribution >= 4 is 34.6 Å². The lowest BCUT2D eigenvalue weighted by molar-refractivity contribution is -0.137. The second kappa shape index (κ2) is 12.1. The van der Waals surface area contributed by atoms with E-state index >= 15 is 0 Å². The zero-order chi connectivity index (χ0) is 30.9. The quantitative estimate of drug-likeness (QED) is 0.228. The summed E-state index contributed by atoms with van der Waals surface area (Å²) in [6.07, 6.45) is -2.86. The van der Waals surface area contributed by atoms with E-state index in [9.17, 15) is 18.0 Å². The Morgan fingerprint density at radius 2 is 1.81 bits per heavy atom. The molecule has 8 nitrogen and oxygen atoms in total. The predicted octanol–water partition coefficient (Wildman–Crippen LogP) is 6.28. The molecule has 0 radical (unpaired) electrons. The van der Waals surface area contributed by atoms with E-state index in [-0.39, 0.29) is 18.2 Å². The highest BCUT2D eigenvalue weighted by Gasteiger charge is 2.43. The third kappa shape index (κ3) is 5.80. The zero-order valence-electron chi connectivity index (χ0n) is 23.9. The summed E-state index contributed by atoms with van der Waals surface area (Å²) >= 11 is 5.85. The van der Waals surface area contributed by atoms with Crippen molar-refractivity contribution in [3.8, 4) is 11.4 Å². The Balaban J connectivity index is 1.68. The molecule has 4 aromatic rings. The monoisotopic (exact) mass is 609 g/mol. The average Bonchev–Trinajstić information content (AvgIpc) is 3.47. The number of nitrogens with zero attached hydrogens (tertiary/aromatic N) is 3. The minimum Gasteiger partial charge on any atom is -0.495 e. The van der Waals surface area contributed by atoms with Crippen LogP contribution in [0.4, 0.5) is 24.5 Å². The van der Waals surface area contributed by atoms with E-state index < -0.39 is 23.8 Å². The molecule has 43 heavy (non-hydrogen) atoms. The minimum absolute atomic E-state index is 0.0401. The second-order valence-electron chi connectivity index (χ2n) is 10.0. The number of anilines is 2. The molecule has 0 spiro atoms. The number of aryl methyl sites for hydroxylation is 1. The zero-order valence-corrected chi connectivity index (χ0v) is 24.7. The molecule has 5 rings (SSSR count). The molecule has 3 heterocycles. The second-order valence-corrected chi connectivity index (χ2v) is 10.4. The Morgan fingerprint density at radius 3 is 2.49 bits per heavy atom. The largest absolute Gasteiger partial charge is 0.495 e. The molecule has 0 saturated carbocycles. The number of para-hydroxylation sites is 1. The topological polar surface area (TPSA) is 80.7 Å². The van der Waals surface area contributed by atoms with Crippen molar-refractivity contribution < 1.29 is 27.4 Å². The first-order valence-corrected chi connectivity index (χ1v) is 13.8. The Bertz CT molecular complexity index is 1660. The number of pyridine rings is 1. The van der Waals surface area contributed by atoms with E-state index in [1.54, 1.807) is 42.8 Å². The van der Waals surface area contributed by atoms with Gasteiger partial charge in [0.25, 0.3) is 0 Å². The van der Waals surface area contributed by atoms with E-state index in [1.807, 2.05) is 35.2 Å². The van der Waals surface area contributed by atoms with Crippen LogP contribution in [0.5, 0.6) is 5.75 Å². The molecule has 2 aromatic heterocycles. The van der Waals surface area contributed by atoms with Crippen LogP contribution in [0.1, 0.15) is 40.3 Å². The van der Waals surface area contributed by atoms with Crippen LogP contribution in [0, 0.1) is 13.8 Å². The Morgan fingerprint density at radius 1 is 1.07 bits per heavy atom. The van der Waals surface area contributed by atoms with Gasteiger partial charge in [-0.1, -0.05) is 18.2 Å². The van der Waals surface area contributed by atoms with Gasteiger partial charge in [-0.3, -0.25) is 9.78 Å². The molecule has 1 aliphatic heterocycles. The number of carbonyl (C=O) groups excluding carboxylic acids is 1. The summed E-state index contributed by atoms with van der Waals surface area (Å²) in [4.78, 5) is 18.8. The van der Waals surface area contributed by atoms with Crippen LogP contribution in [0.25, 0.3) is 5.69 Å². The Hall–Kier alpha value is -4.42. The molecule has 2 N–H and O–H groups in total. The lowest BCUT2D eigenvalue weighted by Crippen LogP contribution is -2.29. The fourth-order valence-corrected chi connectivity index (χ4v) is 5.92. The number of thiocarbonyl (C=S) groups is 1. The normalized spacial score (nSPS) is 16.7. The molecule has 1 fully saturated rings. The lowest BCUT2D eigenvalue weighted by atomic mass is 9.96. The number of benzene rings is 2. The molecule has 224 valence electrons. The third-order valence-electron chi connectivity index (χ3n) is 7.35. The van der Waals surface area contributed by atoms with Gasteiger partial charge >= 0.3 is 6.18 Å². The maximum atomic E-state index is 14.1. The Labute approximate surface area is 252 Å². The fraction of sp³-hybridized carbons (Fsp3) is 0.258. The van der Waals surface area contributed by atoms with Crippen molar-refractivity contribution in [1.29, 1.82) is 0 Å². The van der Waals surface area contributed by atoms with Crippen molar-refractivity contribution in [3.63, 3.8) is 0 Å². The van der Waals surface area contributed by atoms with E-state index in [2.05, 4.69) is 15.6 Å². The number of carbonyl (C=O) groups is 1. The SMILES string of the molecule is COCC(=O)Nc1cc(N2C(=S)NC(c3ccccn3)C2c2cc(C)n(-c3ccccc3C(F)(F)F)c2C)ccc1OC. The van der Waals surface area contributed by atoms with Crippen molar-refractivity contribution in [1.82, 2.24) is 14.9 Å². The van der Waals surface area contributed by atoms with Gasteiger partial charge in [-0.05, 0) is 80.2 Å². The summed E-state index contributed by atoms with van der Waals surface area (Å²) in [6, 6.07) is 17.3. The number of hydrogen-bond donors (Lipinski definition) is 2. The lowest BCUT2D eigenvalue weighted by Gasteiger charge is -2.29. The van der Waals surface area contributed by atoms with E-state index in [0.29, 0.717) is 39.3 Å². The van der Waals surface area contributed by atoms with Crippen molar-refractivity contribution in [2.24, 2.45) is 0 Å². The highest BCUT2D eigenvalue weighted by atomic mass is 32.1. The molecule has 1 aliphatic rings. The van der Waals surface area contributed by atoms with Gasteiger partial charge in [-0.25, -0.2) is 0 Å². The maximum absolute atomic E-state index is 14.1. The van der Waals surface area contributed by atoms with Crippen LogP contribution in [0.15, 0.2) is 72.9 Å². The summed E-state index contributed by atoms with van der Waals surface area (Å²) in [6.45, 7) is 3.43. The van der Waals surface area contributed by atoms with E-state index in [0.717, 1.165) is 11.6 Å². The number of ether oxygens (including phenoxy) is 2. The van der Waals surface area contributed by atoms with Crippen molar-refractivity contribution in [2.75, 3.05) is 31.0 Å². The highest BCUT2D eigenvalue weighted by molar-refractivity contribution is 7.80. The van der Waals surface area contributed by atoms with Crippen LogP contribution in [-0.2, 0) is 15.7 Å². The number of alkyl halides is 3. The summed E-state index contributed by atoms with van der Waals surface area (Å²) in [5.74, 6) is 0.0703. The number of halogens is 3. The number of hydrogen-bond acceptors (Lipinski definition) is 5.